The summed E-state index contributed by atoms with van der Waals surface area (Å²) in [7, 11) is 0. The van der Waals surface area contributed by atoms with Crippen LogP contribution in [-0.2, 0) is 0 Å². The number of thiazole rings is 1. The van der Waals surface area contributed by atoms with Crippen molar-refractivity contribution in [3.8, 4) is 0 Å². The number of rotatable bonds is 3. The highest BCUT2D eigenvalue weighted by Gasteiger charge is 2.10. The molecule has 16 heavy (non-hydrogen) atoms. The van der Waals surface area contributed by atoms with Gasteiger partial charge in [0, 0.05) is 0 Å². The minimum atomic E-state index is -0.935. The Morgan fingerprint density at radius 1 is 1.25 bits per heavy atom. The van der Waals surface area contributed by atoms with E-state index in [4.69, 9.17) is 5.11 Å². The van der Waals surface area contributed by atoms with Gasteiger partial charge in [0.25, 0.3) is 0 Å². The number of aromatic carboxylic acids is 1. The number of carbonyl (C=O) groups is 1. The Balaban J connectivity index is 2.24. The van der Waals surface area contributed by atoms with E-state index in [1.807, 2.05) is 36.4 Å². The molecule has 0 saturated carbocycles. The fourth-order valence-corrected chi connectivity index (χ4v) is 1.89. The van der Waals surface area contributed by atoms with Gasteiger partial charge in [-0.15, -0.1) is 11.3 Å². The van der Waals surface area contributed by atoms with Crippen molar-refractivity contribution in [3.05, 3.63) is 52.0 Å². The Kier molecular flexibility index (Phi) is 3.12. The molecule has 1 N–H and O–H groups in total. The molecule has 1 heterocycles. The molecule has 2 rings (SSSR count). The minimum Gasteiger partial charge on any atom is -0.477 e. The quantitative estimate of drug-likeness (QED) is 0.883. The minimum absolute atomic E-state index is 0.271. The SMILES string of the molecule is O=C(O)c1scnc1/C=C/c1ccccc1. The zero-order valence-electron chi connectivity index (χ0n) is 8.33. The van der Waals surface area contributed by atoms with E-state index in [1.165, 1.54) is 5.51 Å². The van der Waals surface area contributed by atoms with Crippen molar-refractivity contribution in [1.29, 1.82) is 0 Å². The number of carboxylic acids is 1. The van der Waals surface area contributed by atoms with Crippen molar-refractivity contribution in [3.63, 3.8) is 0 Å². The Hall–Kier alpha value is -1.94. The average molecular weight is 231 g/mol. The van der Waals surface area contributed by atoms with Crippen LogP contribution in [0.2, 0.25) is 0 Å². The lowest BCUT2D eigenvalue weighted by atomic mass is 10.2. The average Bonchev–Trinajstić information content (AvgIpc) is 2.76. The second kappa shape index (κ2) is 4.72. The third-order valence-corrected chi connectivity index (χ3v) is 2.85. The predicted octanol–water partition coefficient (Wildman–Crippen LogP) is 3.01. The highest BCUT2D eigenvalue weighted by Crippen LogP contribution is 2.16. The van der Waals surface area contributed by atoms with E-state index in [2.05, 4.69) is 4.98 Å². The van der Waals surface area contributed by atoms with E-state index < -0.39 is 5.97 Å². The molecule has 0 spiro atoms. The fourth-order valence-electron chi connectivity index (χ4n) is 1.27. The summed E-state index contributed by atoms with van der Waals surface area (Å²) in [6.07, 6.45) is 3.57. The van der Waals surface area contributed by atoms with Gasteiger partial charge in [0.05, 0.1) is 11.2 Å². The van der Waals surface area contributed by atoms with Crippen LogP contribution in [0, 0.1) is 0 Å². The van der Waals surface area contributed by atoms with E-state index in [0.717, 1.165) is 16.9 Å². The van der Waals surface area contributed by atoms with Gasteiger partial charge in [0.15, 0.2) is 0 Å². The lowest BCUT2D eigenvalue weighted by molar-refractivity contribution is 0.0701. The lowest BCUT2D eigenvalue weighted by Gasteiger charge is -1.92. The summed E-state index contributed by atoms with van der Waals surface area (Å²) in [5, 5.41) is 8.89. The second-order valence-electron chi connectivity index (χ2n) is 3.12. The standard InChI is InChI=1S/C12H9NO2S/c14-12(15)11-10(13-8-16-11)7-6-9-4-2-1-3-5-9/h1-8H,(H,14,15)/b7-6+. The van der Waals surface area contributed by atoms with E-state index in [0.29, 0.717) is 5.69 Å². The van der Waals surface area contributed by atoms with Gasteiger partial charge in [-0.1, -0.05) is 36.4 Å². The molecule has 1 aromatic heterocycles. The van der Waals surface area contributed by atoms with Crippen molar-refractivity contribution in [2.45, 2.75) is 0 Å². The van der Waals surface area contributed by atoms with Crippen LogP contribution in [0.25, 0.3) is 12.2 Å². The van der Waals surface area contributed by atoms with Gasteiger partial charge in [0.1, 0.15) is 4.88 Å². The van der Waals surface area contributed by atoms with E-state index in [1.54, 1.807) is 6.08 Å². The normalized spacial score (nSPS) is 10.8. The van der Waals surface area contributed by atoms with E-state index in [-0.39, 0.29) is 4.88 Å². The molecule has 0 aliphatic heterocycles. The molecule has 0 atom stereocenters. The van der Waals surface area contributed by atoms with Crippen LogP contribution < -0.4 is 0 Å². The maximum atomic E-state index is 10.8. The maximum absolute atomic E-state index is 10.8. The number of benzene rings is 1. The van der Waals surface area contributed by atoms with Crippen molar-refractivity contribution >= 4 is 29.5 Å². The van der Waals surface area contributed by atoms with Gasteiger partial charge < -0.3 is 5.11 Å². The molecule has 0 saturated heterocycles. The van der Waals surface area contributed by atoms with Crippen LogP contribution in [-0.4, -0.2) is 16.1 Å². The topological polar surface area (TPSA) is 50.2 Å². The first-order valence-corrected chi connectivity index (χ1v) is 5.55. The molecule has 2 aromatic rings. The summed E-state index contributed by atoms with van der Waals surface area (Å²) >= 11 is 1.13. The lowest BCUT2D eigenvalue weighted by Crippen LogP contribution is -1.94. The summed E-state index contributed by atoms with van der Waals surface area (Å²) < 4.78 is 0. The Morgan fingerprint density at radius 2 is 2.00 bits per heavy atom. The van der Waals surface area contributed by atoms with Crippen LogP contribution >= 0.6 is 11.3 Å². The van der Waals surface area contributed by atoms with Gasteiger partial charge in [-0.3, -0.25) is 0 Å². The van der Waals surface area contributed by atoms with Gasteiger partial charge in [-0.2, -0.15) is 0 Å². The molecular weight excluding hydrogens is 222 g/mol. The molecule has 0 unspecified atom stereocenters. The largest absolute Gasteiger partial charge is 0.477 e. The van der Waals surface area contributed by atoms with Crippen LogP contribution in [0.1, 0.15) is 20.9 Å². The predicted molar refractivity (Wildman–Crippen MR) is 64.4 cm³/mol. The number of aromatic nitrogens is 1. The number of nitrogens with zero attached hydrogens (tertiary/aromatic N) is 1. The molecule has 80 valence electrons. The molecule has 0 fully saturated rings. The first-order chi connectivity index (χ1) is 7.77. The Labute approximate surface area is 96.7 Å². The van der Waals surface area contributed by atoms with Crippen LogP contribution in [0.5, 0.6) is 0 Å². The molecule has 1 aromatic carbocycles. The summed E-state index contributed by atoms with van der Waals surface area (Å²) in [4.78, 5) is 15.1. The summed E-state index contributed by atoms with van der Waals surface area (Å²) in [6.45, 7) is 0. The highest BCUT2D eigenvalue weighted by molar-refractivity contribution is 7.11. The smallest absolute Gasteiger partial charge is 0.348 e. The molecule has 0 aliphatic carbocycles. The monoisotopic (exact) mass is 231 g/mol. The van der Waals surface area contributed by atoms with E-state index >= 15 is 0 Å². The van der Waals surface area contributed by atoms with Crippen LogP contribution in [0.3, 0.4) is 0 Å². The molecule has 0 amide bonds. The fraction of sp³-hybridized carbons (Fsp3) is 0. The molecule has 0 bridgehead atoms. The number of hydrogen-bond donors (Lipinski definition) is 1. The Bertz CT molecular complexity index is 517. The van der Waals surface area contributed by atoms with Gasteiger partial charge in [-0.05, 0) is 11.6 Å². The van der Waals surface area contributed by atoms with Crippen molar-refractivity contribution < 1.29 is 9.90 Å². The Morgan fingerprint density at radius 3 is 2.69 bits per heavy atom. The van der Waals surface area contributed by atoms with Crippen molar-refractivity contribution in [2.24, 2.45) is 0 Å². The molecule has 4 heteroatoms. The van der Waals surface area contributed by atoms with Crippen LogP contribution in [0.4, 0.5) is 0 Å². The zero-order chi connectivity index (χ0) is 11.4. The molecule has 3 nitrogen and oxygen atoms in total. The summed E-state index contributed by atoms with van der Waals surface area (Å²) in [5.74, 6) is -0.935. The first-order valence-electron chi connectivity index (χ1n) is 4.67. The van der Waals surface area contributed by atoms with Gasteiger partial charge in [-0.25, -0.2) is 9.78 Å². The van der Waals surface area contributed by atoms with Crippen LogP contribution in [0.15, 0.2) is 35.8 Å². The van der Waals surface area contributed by atoms with Gasteiger partial charge in [0.2, 0.25) is 0 Å². The summed E-state index contributed by atoms with van der Waals surface area (Å²) in [5.41, 5.74) is 3.06. The second-order valence-corrected chi connectivity index (χ2v) is 3.97. The van der Waals surface area contributed by atoms with Crippen molar-refractivity contribution in [2.75, 3.05) is 0 Å². The number of hydrogen-bond acceptors (Lipinski definition) is 3. The van der Waals surface area contributed by atoms with Crippen molar-refractivity contribution in [1.82, 2.24) is 4.98 Å². The highest BCUT2D eigenvalue weighted by atomic mass is 32.1. The first kappa shape index (κ1) is 10.6. The summed E-state index contributed by atoms with van der Waals surface area (Å²) in [6, 6.07) is 9.69. The molecule has 0 aliphatic rings. The third-order valence-electron chi connectivity index (χ3n) is 2.02. The van der Waals surface area contributed by atoms with E-state index in [9.17, 15) is 4.79 Å². The third kappa shape index (κ3) is 2.35. The number of carboxylic acid groups (broad SMARTS) is 1. The maximum Gasteiger partial charge on any atom is 0.348 e. The molecule has 0 radical (unpaired) electrons. The van der Waals surface area contributed by atoms with Gasteiger partial charge >= 0.3 is 5.97 Å². The zero-order valence-corrected chi connectivity index (χ0v) is 9.15. The molecular formula is C12H9NO2S.